The van der Waals surface area contributed by atoms with E-state index in [0.717, 1.165) is 5.69 Å². The van der Waals surface area contributed by atoms with Crippen molar-refractivity contribution in [3.63, 3.8) is 0 Å². The van der Waals surface area contributed by atoms with Gasteiger partial charge in [-0.05, 0) is 42.5 Å². The second kappa shape index (κ2) is 9.22. The molecule has 1 heterocycles. The van der Waals surface area contributed by atoms with E-state index in [4.69, 9.17) is 4.74 Å². The lowest BCUT2D eigenvalue weighted by Crippen LogP contribution is -2.37. The zero-order valence-electron chi connectivity index (χ0n) is 15.4. The highest BCUT2D eigenvalue weighted by Gasteiger charge is 2.08. The number of benzene rings is 2. The Kier molecular flexibility index (Phi) is 6.25. The average molecular weight is 379 g/mol. The largest absolute Gasteiger partial charge is 0.497 e. The van der Waals surface area contributed by atoms with E-state index in [0.29, 0.717) is 23.5 Å². The lowest BCUT2D eigenvalue weighted by Gasteiger charge is -2.12. The van der Waals surface area contributed by atoms with Crippen molar-refractivity contribution in [2.75, 3.05) is 25.5 Å². The second-order valence-corrected chi connectivity index (χ2v) is 5.83. The number of hydrogen-bond donors (Lipinski definition) is 3. The van der Waals surface area contributed by atoms with Crippen LogP contribution in [0.1, 0.15) is 10.4 Å². The maximum absolute atomic E-state index is 12.1. The molecule has 1 aromatic heterocycles. The van der Waals surface area contributed by atoms with Crippen LogP contribution < -0.4 is 20.7 Å². The minimum Gasteiger partial charge on any atom is -0.497 e. The highest BCUT2D eigenvalue weighted by Crippen LogP contribution is 2.18. The number of amides is 3. The van der Waals surface area contributed by atoms with E-state index >= 15 is 0 Å². The molecule has 2 aromatic carbocycles. The lowest BCUT2D eigenvalue weighted by atomic mass is 10.2. The Morgan fingerprint density at radius 1 is 1.00 bits per heavy atom. The molecule has 3 amide bonds. The van der Waals surface area contributed by atoms with Gasteiger partial charge >= 0.3 is 6.03 Å². The molecule has 8 nitrogen and oxygen atoms in total. The minimum absolute atomic E-state index is 0.214. The molecule has 0 saturated carbocycles. The number of carbonyl (C=O) groups excluding carboxylic acids is 2. The molecule has 28 heavy (non-hydrogen) atoms. The van der Waals surface area contributed by atoms with Crippen LogP contribution in [0.25, 0.3) is 5.69 Å². The molecule has 0 unspecified atom stereocenters. The first-order valence-corrected chi connectivity index (χ1v) is 8.73. The van der Waals surface area contributed by atoms with E-state index < -0.39 is 0 Å². The first-order valence-electron chi connectivity index (χ1n) is 8.73. The van der Waals surface area contributed by atoms with Gasteiger partial charge in [0.25, 0.3) is 5.91 Å². The molecule has 0 aliphatic rings. The van der Waals surface area contributed by atoms with Gasteiger partial charge in [0.2, 0.25) is 0 Å². The molecule has 0 aliphatic carbocycles. The molecule has 0 radical (unpaired) electrons. The first kappa shape index (κ1) is 19.0. The van der Waals surface area contributed by atoms with E-state index in [1.54, 1.807) is 54.5 Å². The molecule has 0 spiro atoms. The van der Waals surface area contributed by atoms with Gasteiger partial charge in [0.15, 0.2) is 0 Å². The van der Waals surface area contributed by atoms with Gasteiger partial charge in [-0.1, -0.05) is 12.1 Å². The summed E-state index contributed by atoms with van der Waals surface area (Å²) in [5, 5.41) is 12.4. The molecule has 0 saturated heterocycles. The fourth-order valence-electron chi connectivity index (χ4n) is 2.55. The fraction of sp³-hybridized carbons (Fsp3) is 0.150. The van der Waals surface area contributed by atoms with Crippen molar-refractivity contribution in [3.05, 3.63) is 72.6 Å². The number of nitrogens with one attached hydrogen (secondary N) is 3. The van der Waals surface area contributed by atoms with Gasteiger partial charge < -0.3 is 20.7 Å². The quantitative estimate of drug-likeness (QED) is 0.549. The molecular formula is C20H21N5O3. The Morgan fingerprint density at radius 2 is 1.75 bits per heavy atom. The summed E-state index contributed by atoms with van der Waals surface area (Å²) in [4.78, 5) is 24.2. The van der Waals surface area contributed by atoms with Crippen molar-refractivity contribution in [2.24, 2.45) is 0 Å². The number of para-hydroxylation sites is 2. The third-order valence-corrected chi connectivity index (χ3v) is 3.95. The van der Waals surface area contributed by atoms with Gasteiger partial charge in [0.1, 0.15) is 5.75 Å². The number of hydrogen-bond acceptors (Lipinski definition) is 4. The summed E-state index contributed by atoms with van der Waals surface area (Å²) >= 11 is 0. The predicted molar refractivity (Wildman–Crippen MR) is 106 cm³/mol. The van der Waals surface area contributed by atoms with Crippen molar-refractivity contribution in [1.82, 2.24) is 20.4 Å². The van der Waals surface area contributed by atoms with Gasteiger partial charge in [-0.3, -0.25) is 4.79 Å². The van der Waals surface area contributed by atoms with Gasteiger partial charge in [0, 0.05) is 31.0 Å². The number of urea groups is 1. The van der Waals surface area contributed by atoms with E-state index in [-0.39, 0.29) is 18.5 Å². The predicted octanol–water partition coefficient (Wildman–Crippen LogP) is 2.43. The molecule has 3 rings (SSSR count). The first-order chi connectivity index (χ1) is 13.7. The van der Waals surface area contributed by atoms with Crippen molar-refractivity contribution in [2.45, 2.75) is 0 Å². The SMILES string of the molecule is COc1ccc(C(=O)NCCNC(=O)Nc2ccccc2-n2cccn2)cc1. The van der Waals surface area contributed by atoms with Crippen LogP contribution in [0, 0.1) is 0 Å². The maximum Gasteiger partial charge on any atom is 0.319 e. The van der Waals surface area contributed by atoms with Crippen LogP contribution in [0.5, 0.6) is 5.75 Å². The van der Waals surface area contributed by atoms with Crippen LogP contribution >= 0.6 is 0 Å². The Hall–Kier alpha value is -3.81. The summed E-state index contributed by atoms with van der Waals surface area (Å²) in [6, 6.07) is 15.6. The van der Waals surface area contributed by atoms with Crippen LogP contribution in [0.4, 0.5) is 10.5 Å². The molecule has 144 valence electrons. The summed E-state index contributed by atoms with van der Waals surface area (Å²) in [7, 11) is 1.57. The van der Waals surface area contributed by atoms with E-state index in [1.165, 1.54) is 0 Å². The standard InChI is InChI=1S/C20H21N5O3/c1-28-16-9-7-15(8-10-16)19(26)21-12-13-22-20(27)24-17-5-2-3-6-18(17)25-14-4-11-23-25/h2-11,14H,12-13H2,1H3,(H,21,26)(H2,22,24,27). The van der Waals surface area contributed by atoms with Crippen LogP contribution in [-0.4, -0.2) is 41.9 Å². The molecule has 0 fully saturated rings. The highest BCUT2D eigenvalue weighted by atomic mass is 16.5. The van der Waals surface area contributed by atoms with Gasteiger partial charge in [0.05, 0.1) is 18.5 Å². The van der Waals surface area contributed by atoms with Gasteiger partial charge in [-0.2, -0.15) is 5.10 Å². The van der Waals surface area contributed by atoms with Crippen LogP contribution in [0.15, 0.2) is 67.0 Å². The second-order valence-electron chi connectivity index (χ2n) is 5.83. The number of rotatable bonds is 7. The Labute approximate surface area is 162 Å². The third-order valence-electron chi connectivity index (χ3n) is 3.95. The van der Waals surface area contributed by atoms with Crippen molar-refractivity contribution in [3.8, 4) is 11.4 Å². The number of anilines is 1. The molecule has 3 N–H and O–H groups in total. The zero-order chi connectivity index (χ0) is 19.8. The summed E-state index contributed by atoms with van der Waals surface area (Å²) in [5.41, 5.74) is 1.92. The van der Waals surface area contributed by atoms with Crippen molar-refractivity contribution >= 4 is 17.6 Å². The average Bonchev–Trinajstić information content (AvgIpc) is 3.26. The number of carbonyl (C=O) groups is 2. The molecule has 0 bridgehead atoms. The normalized spacial score (nSPS) is 10.2. The van der Waals surface area contributed by atoms with Crippen LogP contribution in [-0.2, 0) is 0 Å². The van der Waals surface area contributed by atoms with Crippen LogP contribution in [0.2, 0.25) is 0 Å². The molecular weight excluding hydrogens is 358 g/mol. The summed E-state index contributed by atoms with van der Waals surface area (Å²) < 4.78 is 6.73. The van der Waals surface area contributed by atoms with Crippen LogP contribution in [0.3, 0.4) is 0 Å². The Bertz CT molecular complexity index is 923. The van der Waals surface area contributed by atoms with Gasteiger partial charge in [-0.15, -0.1) is 0 Å². The third kappa shape index (κ3) is 4.88. The van der Waals surface area contributed by atoms with Gasteiger partial charge in [-0.25, -0.2) is 9.48 Å². The lowest BCUT2D eigenvalue weighted by molar-refractivity contribution is 0.0954. The maximum atomic E-state index is 12.1. The highest BCUT2D eigenvalue weighted by molar-refractivity contribution is 5.94. The van der Waals surface area contributed by atoms with Crippen molar-refractivity contribution < 1.29 is 14.3 Å². The monoisotopic (exact) mass is 379 g/mol. The molecule has 0 atom stereocenters. The topological polar surface area (TPSA) is 97.3 Å². The van der Waals surface area contributed by atoms with Crippen molar-refractivity contribution in [1.29, 1.82) is 0 Å². The Balaban J connectivity index is 1.46. The van der Waals surface area contributed by atoms with E-state index in [1.807, 2.05) is 24.3 Å². The summed E-state index contributed by atoms with van der Waals surface area (Å²) in [6.45, 7) is 0.594. The molecule has 3 aromatic rings. The number of aromatic nitrogens is 2. The van der Waals surface area contributed by atoms with E-state index in [9.17, 15) is 9.59 Å². The van der Waals surface area contributed by atoms with E-state index in [2.05, 4.69) is 21.0 Å². The number of nitrogens with zero attached hydrogens (tertiary/aromatic N) is 2. The summed E-state index contributed by atoms with van der Waals surface area (Å²) in [5.74, 6) is 0.471. The smallest absolute Gasteiger partial charge is 0.319 e. The fourth-order valence-corrected chi connectivity index (χ4v) is 2.55. The number of ether oxygens (including phenoxy) is 1. The summed E-state index contributed by atoms with van der Waals surface area (Å²) in [6.07, 6.45) is 3.47. The Morgan fingerprint density at radius 3 is 2.46 bits per heavy atom. The molecule has 8 heteroatoms. The number of methoxy groups -OCH3 is 1. The molecule has 0 aliphatic heterocycles. The minimum atomic E-state index is -0.363. The zero-order valence-corrected chi connectivity index (χ0v) is 15.4.